The van der Waals surface area contributed by atoms with Crippen LogP contribution in [0.4, 0.5) is 4.79 Å². The number of carbonyl (C=O) groups excluding carboxylic acids is 6. The van der Waals surface area contributed by atoms with Gasteiger partial charge in [0.25, 0.3) is 5.91 Å². The van der Waals surface area contributed by atoms with E-state index < -0.39 is 77.8 Å². The van der Waals surface area contributed by atoms with E-state index in [1.165, 1.54) is 6.92 Å². The summed E-state index contributed by atoms with van der Waals surface area (Å²) >= 11 is 0. The molecule has 5 amide bonds. The van der Waals surface area contributed by atoms with Gasteiger partial charge in [-0.05, 0) is 55.2 Å². The van der Waals surface area contributed by atoms with Gasteiger partial charge in [-0.3, -0.25) is 19.2 Å². The van der Waals surface area contributed by atoms with Crippen LogP contribution in [0.15, 0.2) is 60.8 Å². The van der Waals surface area contributed by atoms with Crippen molar-refractivity contribution in [3.63, 3.8) is 0 Å². The zero-order valence-corrected chi connectivity index (χ0v) is 32.3. The number of aromatic amines is 1. The predicted molar refractivity (Wildman–Crippen MR) is 205 cm³/mol. The number of likely N-dealkylation sites (tertiary alicyclic amines) is 1. The molecule has 3 aromatic rings. The minimum absolute atomic E-state index is 0.0255. The monoisotopic (exact) mass is 776 g/mol. The Hall–Kier alpha value is -5.93. The molecule has 6 N–H and O–H groups in total. The van der Waals surface area contributed by atoms with Gasteiger partial charge in [0.15, 0.2) is 0 Å². The predicted octanol–water partition coefficient (Wildman–Crippen LogP) is 2.80. The van der Waals surface area contributed by atoms with Crippen molar-refractivity contribution in [2.75, 3.05) is 13.2 Å². The number of rotatable bonds is 18. The van der Waals surface area contributed by atoms with Crippen LogP contribution in [0.2, 0.25) is 0 Å². The number of ether oxygens (including phenoxy) is 2. The quantitative estimate of drug-likeness (QED) is 0.0819. The van der Waals surface area contributed by atoms with E-state index in [4.69, 9.17) is 9.47 Å². The molecule has 2 heterocycles. The molecule has 2 aromatic carbocycles. The maximum Gasteiger partial charge on any atom is 0.408 e. The second-order valence-corrected chi connectivity index (χ2v) is 14.5. The van der Waals surface area contributed by atoms with Gasteiger partial charge in [-0.15, -0.1) is 0 Å². The molecule has 0 saturated carbocycles. The number of nitrogens with one attached hydrogen (secondary N) is 5. The Balaban J connectivity index is 1.54. The van der Waals surface area contributed by atoms with E-state index >= 15 is 0 Å². The standard InChI is InChI=1S/C40H52N6O10/c1-6-55-39(53)33(37(50)46-18-12-17-31(46)35(48)44-32(24(4)5)36(49)42-30(38(51)52)19-23(2)3)45-34(47)29(20-26-21-41-28-16-11-10-15-27(26)28)43-40(54)56-22-25-13-8-7-9-14-25/h7-11,13-16,21,23-24,29-33,41H,6,12,17-20,22H2,1-5H3,(H,42,49)(H,43,54)(H,44,48)(H,45,47)(H,51,52)/t29-,30+,31+,32-,33?/m1/s1. The summed E-state index contributed by atoms with van der Waals surface area (Å²) in [5.41, 5.74) is 2.18. The lowest BCUT2D eigenvalue weighted by molar-refractivity contribution is -0.155. The lowest BCUT2D eigenvalue weighted by atomic mass is 10.00. The van der Waals surface area contributed by atoms with E-state index in [0.717, 1.165) is 15.8 Å². The zero-order valence-electron chi connectivity index (χ0n) is 32.3. The first-order chi connectivity index (χ1) is 26.7. The third-order valence-corrected chi connectivity index (χ3v) is 9.38. The Labute approximate surface area is 325 Å². The van der Waals surface area contributed by atoms with Crippen molar-refractivity contribution in [1.82, 2.24) is 31.2 Å². The van der Waals surface area contributed by atoms with E-state index in [9.17, 15) is 38.7 Å². The number of esters is 1. The van der Waals surface area contributed by atoms with Gasteiger partial charge in [0, 0.05) is 30.1 Å². The third kappa shape index (κ3) is 11.5. The summed E-state index contributed by atoms with van der Waals surface area (Å²) < 4.78 is 10.6. The van der Waals surface area contributed by atoms with Crippen LogP contribution >= 0.6 is 0 Å². The fraction of sp³-hybridized carbons (Fsp3) is 0.475. The number of aliphatic carboxylic acids is 1. The molecule has 5 atom stereocenters. The largest absolute Gasteiger partial charge is 0.480 e. The highest BCUT2D eigenvalue weighted by Gasteiger charge is 2.43. The molecule has 16 nitrogen and oxygen atoms in total. The number of fused-ring (bicyclic) bond motifs is 1. The van der Waals surface area contributed by atoms with Crippen molar-refractivity contribution in [1.29, 1.82) is 0 Å². The second kappa shape index (κ2) is 20.1. The van der Waals surface area contributed by atoms with Crippen LogP contribution in [-0.4, -0.2) is 100 Å². The van der Waals surface area contributed by atoms with E-state index in [0.29, 0.717) is 17.5 Å². The van der Waals surface area contributed by atoms with Crippen LogP contribution in [0.3, 0.4) is 0 Å². The summed E-state index contributed by atoms with van der Waals surface area (Å²) in [6.07, 6.45) is 1.48. The van der Waals surface area contributed by atoms with Crippen molar-refractivity contribution >= 4 is 52.6 Å². The molecular weight excluding hydrogens is 724 g/mol. The molecule has 1 aromatic heterocycles. The Morgan fingerprint density at radius 1 is 0.857 bits per heavy atom. The molecule has 1 saturated heterocycles. The molecule has 1 aliphatic rings. The average Bonchev–Trinajstić information content (AvgIpc) is 3.82. The molecule has 0 aliphatic carbocycles. The Kier molecular flexibility index (Phi) is 15.4. The molecule has 302 valence electrons. The number of H-pyrrole nitrogens is 1. The van der Waals surface area contributed by atoms with Crippen LogP contribution < -0.4 is 21.3 Å². The van der Waals surface area contributed by atoms with Gasteiger partial charge >= 0.3 is 18.0 Å². The molecule has 0 bridgehead atoms. The first-order valence-corrected chi connectivity index (χ1v) is 18.8. The topological polar surface area (TPSA) is 225 Å². The number of carboxylic acid groups (broad SMARTS) is 1. The average molecular weight is 777 g/mol. The van der Waals surface area contributed by atoms with E-state index in [-0.39, 0.29) is 44.9 Å². The fourth-order valence-corrected chi connectivity index (χ4v) is 6.53. The SMILES string of the molecule is CCOC(=O)C(NC(=O)[C@@H](Cc1c[nH]c2ccccc12)NC(=O)OCc1ccccc1)C(=O)N1CCC[C@H]1C(=O)N[C@@H](C(=O)N[C@@H](CC(C)C)C(=O)O)C(C)C. The number of nitrogens with zero attached hydrogens (tertiary/aromatic N) is 1. The summed E-state index contributed by atoms with van der Waals surface area (Å²) in [6, 6.07) is 9.66. The number of amides is 5. The Morgan fingerprint density at radius 3 is 2.21 bits per heavy atom. The molecular formula is C40H52N6O10. The summed E-state index contributed by atoms with van der Waals surface area (Å²) in [5.74, 6) is -5.93. The molecule has 0 spiro atoms. The molecule has 1 unspecified atom stereocenters. The van der Waals surface area contributed by atoms with Crippen molar-refractivity contribution in [2.24, 2.45) is 11.8 Å². The van der Waals surface area contributed by atoms with Gasteiger partial charge in [0.1, 0.15) is 30.8 Å². The smallest absolute Gasteiger partial charge is 0.408 e. The summed E-state index contributed by atoms with van der Waals surface area (Å²) in [7, 11) is 0. The minimum atomic E-state index is -1.89. The number of carboxylic acids is 1. The van der Waals surface area contributed by atoms with E-state index in [1.807, 2.05) is 44.2 Å². The second-order valence-electron chi connectivity index (χ2n) is 14.5. The van der Waals surface area contributed by atoms with E-state index in [2.05, 4.69) is 26.3 Å². The highest BCUT2D eigenvalue weighted by Crippen LogP contribution is 2.22. The highest BCUT2D eigenvalue weighted by atomic mass is 16.5. The number of benzene rings is 2. The molecule has 1 fully saturated rings. The number of aromatic nitrogens is 1. The number of para-hydroxylation sites is 1. The first-order valence-electron chi connectivity index (χ1n) is 18.8. The highest BCUT2D eigenvalue weighted by molar-refractivity contribution is 6.07. The van der Waals surface area contributed by atoms with E-state index in [1.54, 1.807) is 44.3 Å². The molecule has 0 radical (unpaired) electrons. The number of hydrogen-bond acceptors (Lipinski definition) is 9. The van der Waals surface area contributed by atoms with Gasteiger partial charge in [-0.2, -0.15) is 0 Å². The van der Waals surface area contributed by atoms with Gasteiger partial charge < -0.3 is 45.7 Å². The number of hydrogen-bond donors (Lipinski definition) is 6. The molecule has 56 heavy (non-hydrogen) atoms. The molecule has 1 aliphatic heterocycles. The molecule has 16 heteroatoms. The van der Waals surface area contributed by atoms with Crippen LogP contribution in [0.1, 0.15) is 65.0 Å². The van der Waals surface area contributed by atoms with Crippen molar-refractivity contribution in [3.8, 4) is 0 Å². The van der Waals surface area contributed by atoms with Crippen LogP contribution in [0, 0.1) is 11.8 Å². The Bertz CT molecular complexity index is 1860. The number of carbonyl (C=O) groups is 7. The normalized spacial score (nSPS) is 16.1. The lowest BCUT2D eigenvalue weighted by Crippen LogP contribution is -2.61. The summed E-state index contributed by atoms with van der Waals surface area (Å²) in [4.78, 5) is 97.6. The van der Waals surface area contributed by atoms with Crippen molar-refractivity contribution in [2.45, 2.75) is 97.1 Å². The lowest BCUT2D eigenvalue weighted by Gasteiger charge is -2.30. The Morgan fingerprint density at radius 2 is 1.55 bits per heavy atom. The van der Waals surface area contributed by atoms with Gasteiger partial charge in [-0.1, -0.05) is 76.2 Å². The minimum Gasteiger partial charge on any atom is -0.480 e. The van der Waals surface area contributed by atoms with Gasteiger partial charge in [0.05, 0.1) is 6.61 Å². The zero-order chi connectivity index (χ0) is 40.9. The van der Waals surface area contributed by atoms with Crippen LogP contribution in [-0.2, 0) is 51.3 Å². The molecule has 4 rings (SSSR count). The maximum absolute atomic E-state index is 14.2. The maximum atomic E-state index is 14.2. The van der Waals surface area contributed by atoms with Crippen molar-refractivity contribution < 1.29 is 48.1 Å². The van der Waals surface area contributed by atoms with Crippen LogP contribution in [0.25, 0.3) is 10.9 Å². The third-order valence-electron chi connectivity index (χ3n) is 9.38. The van der Waals surface area contributed by atoms with Crippen LogP contribution in [0.5, 0.6) is 0 Å². The van der Waals surface area contributed by atoms with Gasteiger partial charge in [-0.25, -0.2) is 14.4 Å². The fourth-order valence-electron chi connectivity index (χ4n) is 6.53. The number of alkyl carbamates (subject to hydrolysis) is 1. The van der Waals surface area contributed by atoms with Gasteiger partial charge in [0.2, 0.25) is 23.8 Å². The summed E-state index contributed by atoms with van der Waals surface area (Å²) in [6.45, 7) is 8.41. The summed E-state index contributed by atoms with van der Waals surface area (Å²) in [5, 5.41) is 20.7. The first kappa shape index (κ1) is 42.8. The van der Waals surface area contributed by atoms with Crippen molar-refractivity contribution in [3.05, 3.63) is 71.9 Å².